The number of imidazole rings is 1. The fourth-order valence-electron chi connectivity index (χ4n) is 2.04. The lowest BCUT2D eigenvalue weighted by Gasteiger charge is -2.15. The Hall–Kier alpha value is -2.64. The van der Waals surface area contributed by atoms with Crippen LogP contribution in [0.1, 0.15) is 0 Å². The second-order valence-electron chi connectivity index (χ2n) is 4.53. The van der Waals surface area contributed by atoms with E-state index in [1.165, 1.54) is 6.07 Å². The predicted molar refractivity (Wildman–Crippen MR) is 81.5 cm³/mol. The molecule has 0 aliphatic rings. The molecule has 0 fully saturated rings. The molecule has 6 nitrogen and oxygen atoms in total. The molecule has 2 N–H and O–H groups in total. The first-order valence-corrected chi connectivity index (χ1v) is 7.97. The van der Waals surface area contributed by atoms with Gasteiger partial charge in [-0.2, -0.15) is 0 Å². The van der Waals surface area contributed by atoms with Gasteiger partial charge in [0, 0.05) is 12.4 Å². The average Bonchev–Trinajstić information content (AvgIpc) is 3.01. The number of benzene rings is 2. The summed E-state index contributed by atoms with van der Waals surface area (Å²) in [6.45, 7) is 0. The molecule has 3 aromatic rings. The van der Waals surface area contributed by atoms with Crippen molar-refractivity contribution in [3.8, 4) is 17.2 Å². The Morgan fingerprint density at radius 1 is 1.05 bits per heavy atom. The third kappa shape index (κ3) is 2.85. The van der Waals surface area contributed by atoms with Crippen LogP contribution >= 0.6 is 0 Å². The highest BCUT2D eigenvalue weighted by atomic mass is 32.2. The number of ether oxygens (including phenoxy) is 1. The van der Waals surface area contributed by atoms with Crippen LogP contribution in [0.2, 0.25) is 0 Å². The van der Waals surface area contributed by atoms with Crippen LogP contribution in [-0.2, 0) is 10.0 Å². The van der Waals surface area contributed by atoms with Crippen LogP contribution in [0.25, 0.3) is 5.69 Å². The van der Waals surface area contributed by atoms with E-state index in [0.717, 1.165) is 0 Å². The summed E-state index contributed by atoms with van der Waals surface area (Å²) in [5.74, 6) is 0.675. The fourth-order valence-corrected chi connectivity index (χ4v) is 2.72. The number of hydrogen-bond acceptors (Lipinski definition) is 4. The maximum absolute atomic E-state index is 11.8. The van der Waals surface area contributed by atoms with Gasteiger partial charge in [-0.05, 0) is 24.3 Å². The van der Waals surface area contributed by atoms with Gasteiger partial charge in [-0.15, -0.1) is 0 Å². The van der Waals surface area contributed by atoms with Gasteiger partial charge in [-0.3, -0.25) is 0 Å². The summed E-state index contributed by atoms with van der Waals surface area (Å²) in [5.41, 5.74) is 0.535. The molecule has 112 valence electrons. The van der Waals surface area contributed by atoms with Crippen molar-refractivity contribution in [3.63, 3.8) is 0 Å². The van der Waals surface area contributed by atoms with E-state index in [-0.39, 0.29) is 10.6 Å². The molecule has 1 aromatic heterocycles. The van der Waals surface area contributed by atoms with E-state index in [0.29, 0.717) is 11.4 Å². The summed E-state index contributed by atoms with van der Waals surface area (Å²) in [4.78, 5) is 3.88. The van der Waals surface area contributed by atoms with E-state index in [1.807, 2.05) is 6.07 Å². The number of para-hydroxylation sites is 2. The van der Waals surface area contributed by atoms with Gasteiger partial charge in [0.2, 0.25) is 10.0 Å². The molecule has 1 heterocycles. The SMILES string of the molecule is NS(=O)(=O)c1cccc(-n2ccnc2)c1Oc1ccccc1. The number of nitrogens with two attached hydrogens (primary N) is 1. The number of aromatic nitrogens is 2. The first-order valence-electron chi connectivity index (χ1n) is 6.43. The van der Waals surface area contributed by atoms with Gasteiger partial charge in [0.15, 0.2) is 5.75 Å². The highest BCUT2D eigenvalue weighted by molar-refractivity contribution is 7.89. The number of primary sulfonamides is 1. The molecule has 0 atom stereocenters. The van der Waals surface area contributed by atoms with Crippen LogP contribution in [0.3, 0.4) is 0 Å². The molecule has 0 saturated heterocycles. The predicted octanol–water partition coefficient (Wildman–Crippen LogP) is 2.31. The number of nitrogens with zero attached hydrogens (tertiary/aromatic N) is 2. The topological polar surface area (TPSA) is 87.2 Å². The van der Waals surface area contributed by atoms with E-state index in [2.05, 4.69) is 4.98 Å². The zero-order chi connectivity index (χ0) is 15.6. The van der Waals surface area contributed by atoms with Crippen LogP contribution in [0.5, 0.6) is 11.5 Å². The second-order valence-corrected chi connectivity index (χ2v) is 6.06. The Morgan fingerprint density at radius 3 is 2.45 bits per heavy atom. The zero-order valence-electron chi connectivity index (χ0n) is 11.5. The first kappa shape index (κ1) is 14.3. The third-order valence-corrected chi connectivity index (χ3v) is 3.94. The summed E-state index contributed by atoms with van der Waals surface area (Å²) >= 11 is 0. The lowest BCUT2D eigenvalue weighted by Crippen LogP contribution is -2.14. The smallest absolute Gasteiger partial charge is 0.241 e. The van der Waals surface area contributed by atoms with Crippen molar-refractivity contribution in [2.24, 2.45) is 5.14 Å². The highest BCUT2D eigenvalue weighted by Crippen LogP contribution is 2.34. The lowest BCUT2D eigenvalue weighted by atomic mass is 10.2. The Labute approximate surface area is 127 Å². The molecule has 0 bridgehead atoms. The van der Waals surface area contributed by atoms with Gasteiger partial charge in [0.05, 0.1) is 12.0 Å². The average molecular weight is 315 g/mol. The van der Waals surface area contributed by atoms with Crippen molar-refractivity contribution in [3.05, 3.63) is 67.3 Å². The van der Waals surface area contributed by atoms with Crippen LogP contribution in [0.15, 0.2) is 72.1 Å². The Kier molecular flexibility index (Phi) is 3.66. The molecule has 0 spiro atoms. The highest BCUT2D eigenvalue weighted by Gasteiger charge is 2.20. The van der Waals surface area contributed by atoms with Crippen molar-refractivity contribution < 1.29 is 13.2 Å². The van der Waals surface area contributed by atoms with E-state index < -0.39 is 10.0 Å². The van der Waals surface area contributed by atoms with Gasteiger partial charge in [0.1, 0.15) is 10.6 Å². The molecule has 0 amide bonds. The Bertz CT molecular complexity index is 876. The Morgan fingerprint density at radius 2 is 1.82 bits per heavy atom. The van der Waals surface area contributed by atoms with Crippen LogP contribution in [0.4, 0.5) is 0 Å². The maximum atomic E-state index is 11.8. The largest absolute Gasteiger partial charge is 0.454 e. The van der Waals surface area contributed by atoms with Crippen LogP contribution in [-0.4, -0.2) is 18.0 Å². The normalized spacial score (nSPS) is 11.3. The molecular formula is C15H13N3O3S. The summed E-state index contributed by atoms with van der Waals surface area (Å²) in [6.07, 6.45) is 4.84. The van der Waals surface area contributed by atoms with Crippen molar-refractivity contribution >= 4 is 10.0 Å². The van der Waals surface area contributed by atoms with Crippen LogP contribution in [0, 0.1) is 0 Å². The van der Waals surface area contributed by atoms with Gasteiger partial charge in [0.25, 0.3) is 0 Å². The maximum Gasteiger partial charge on any atom is 0.241 e. The van der Waals surface area contributed by atoms with Gasteiger partial charge < -0.3 is 9.30 Å². The van der Waals surface area contributed by atoms with Gasteiger partial charge in [-0.1, -0.05) is 24.3 Å². The van der Waals surface area contributed by atoms with Crippen molar-refractivity contribution in [2.45, 2.75) is 4.90 Å². The number of hydrogen-bond donors (Lipinski definition) is 1. The molecule has 0 radical (unpaired) electrons. The molecule has 22 heavy (non-hydrogen) atoms. The second kappa shape index (κ2) is 5.63. The quantitative estimate of drug-likeness (QED) is 0.800. The fraction of sp³-hybridized carbons (Fsp3) is 0. The standard InChI is InChI=1S/C15H13N3O3S/c16-22(19,20)14-8-4-7-13(18-10-9-17-11-18)15(14)21-12-5-2-1-3-6-12/h1-11H,(H2,16,19,20). The number of sulfonamides is 1. The van der Waals surface area contributed by atoms with Crippen LogP contribution < -0.4 is 9.88 Å². The molecular weight excluding hydrogens is 302 g/mol. The third-order valence-electron chi connectivity index (χ3n) is 3.01. The summed E-state index contributed by atoms with van der Waals surface area (Å²) in [5, 5.41) is 5.30. The molecule has 7 heteroatoms. The van der Waals surface area contributed by atoms with Crippen molar-refractivity contribution in [1.82, 2.24) is 9.55 Å². The number of rotatable bonds is 4. The van der Waals surface area contributed by atoms with E-state index in [9.17, 15) is 8.42 Å². The molecule has 0 aliphatic carbocycles. The van der Waals surface area contributed by atoms with E-state index in [1.54, 1.807) is 59.7 Å². The molecule has 3 rings (SSSR count). The van der Waals surface area contributed by atoms with Gasteiger partial charge in [-0.25, -0.2) is 18.5 Å². The van der Waals surface area contributed by atoms with Crippen molar-refractivity contribution in [2.75, 3.05) is 0 Å². The minimum Gasteiger partial charge on any atom is -0.454 e. The Balaban J connectivity index is 2.20. The summed E-state index contributed by atoms with van der Waals surface area (Å²) in [6, 6.07) is 13.7. The summed E-state index contributed by atoms with van der Waals surface area (Å²) < 4.78 is 31.1. The van der Waals surface area contributed by atoms with E-state index in [4.69, 9.17) is 9.88 Å². The first-order chi connectivity index (χ1) is 10.6. The zero-order valence-corrected chi connectivity index (χ0v) is 12.3. The van der Waals surface area contributed by atoms with Gasteiger partial charge >= 0.3 is 0 Å². The lowest BCUT2D eigenvalue weighted by molar-refractivity contribution is 0.465. The monoisotopic (exact) mass is 315 g/mol. The molecule has 0 aliphatic heterocycles. The minimum atomic E-state index is -3.93. The molecule has 0 saturated carbocycles. The molecule has 2 aromatic carbocycles. The van der Waals surface area contributed by atoms with Crippen molar-refractivity contribution in [1.29, 1.82) is 0 Å². The minimum absolute atomic E-state index is 0.0810. The molecule has 0 unspecified atom stereocenters. The summed E-state index contributed by atoms with van der Waals surface area (Å²) in [7, 11) is -3.93. The van der Waals surface area contributed by atoms with E-state index >= 15 is 0 Å².